The lowest BCUT2D eigenvalue weighted by molar-refractivity contribution is 0.148. The Bertz CT molecular complexity index is 1320. The number of benzene rings is 2. The Labute approximate surface area is 228 Å². The predicted molar refractivity (Wildman–Crippen MR) is 162 cm³/mol. The van der Waals surface area contributed by atoms with Crippen LogP contribution in [0.25, 0.3) is 5.57 Å². The Balaban J connectivity index is 1.49. The van der Waals surface area contributed by atoms with Crippen LogP contribution in [0.4, 0.5) is 11.4 Å². The molecule has 0 aliphatic carbocycles. The minimum Gasteiger partial charge on any atom is -0.453 e. The fourth-order valence-corrected chi connectivity index (χ4v) is 6.35. The molecule has 3 aliphatic heterocycles. The summed E-state index contributed by atoms with van der Waals surface area (Å²) in [4.78, 5) is 9.86. The van der Waals surface area contributed by atoms with Gasteiger partial charge in [0, 0.05) is 30.9 Å². The second-order valence-electron chi connectivity index (χ2n) is 10.4. The molecule has 5 rings (SSSR count). The largest absolute Gasteiger partial charge is 0.453 e. The predicted octanol–water partition coefficient (Wildman–Crippen LogP) is 8.54. The molecule has 4 nitrogen and oxygen atoms in total. The van der Waals surface area contributed by atoms with Gasteiger partial charge in [-0.05, 0) is 87.4 Å². The Kier molecular flexibility index (Phi) is 7.80. The molecule has 38 heavy (non-hydrogen) atoms. The number of fused-ring (bicyclic) bond motifs is 4. The topological polar surface area (TPSA) is 28.1 Å². The van der Waals surface area contributed by atoms with E-state index in [-0.39, 0.29) is 0 Å². The van der Waals surface area contributed by atoms with Crippen molar-refractivity contribution in [3.63, 3.8) is 0 Å². The molecule has 2 atom stereocenters. The minimum absolute atomic E-state index is 0.413. The third kappa shape index (κ3) is 4.93. The molecule has 2 bridgehead atoms. The summed E-state index contributed by atoms with van der Waals surface area (Å²) in [6, 6.07) is 14.7. The SMILES string of the molecule is C=C/C=C(\C=C/C)c1ccc2c(c1)Oc1c(C)cccc1N2C1CC2CCC(C1)N2CC(C=C)=N/C=C\C. The number of rotatable bonds is 8. The summed E-state index contributed by atoms with van der Waals surface area (Å²) in [5.74, 6) is 1.89. The van der Waals surface area contributed by atoms with Crippen LogP contribution in [0, 0.1) is 6.92 Å². The van der Waals surface area contributed by atoms with Crippen molar-refractivity contribution in [3.8, 4) is 11.5 Å². The normalized spacial score (nSPS) is 23.4. The Morgan fingerprint density at radius 2 is 1.82 bits per heavy atom. The van der Waals surface area contributed by atoms with Crippen LogP contribution in [-0.4, -0.2) is 35.3 Å². The smallest absolute Gasteiger partial charge is 0.154 e. The van der Waals surface area contributed by atoms with E-state index in [9.17, 15) is 0 Å². The lowest BCUT2D eigenvalue weighted by Gasteiger charge is -2.46. The standard InChI is InChI=1S/C34H39N3O/c1-6-11-25(12-7-2)26-15-18-31-33(20-26)38-34-24(5)13-10-14-32(34)37(31)30-21-28-16-17-29(22-30)36(28)23-27(9-4)35-19-8-3/h6-15,18-20,28-30H,1,4,16-17,21-23H2,2-3,5H3/b12-7-,19-8-,25-11+,35-27?. The number of aryl methyl sites for hydroxylation is 1. The van der Waals surface area contributed by atoms with Gasteiger partial charge >= 0.3 is 0 Å². The molecule has 2 fully saturated rings. The van der Waals surface area contributed by atoms with E-state index >= 15 is 0 Å². The van der Waals surface area contributed by atoms with Gasteiger partial charge in [0.1, 0.15) is 0 Å². The lowest BCUT2D eigenvalue weighted by atomic mass is 9.93. The first-order valence-corrected chi connectivity index (χ1v) is 13.8. The van der Waals surface area contributed by atoms with Crippen molar-refractivity contribution in [2.75, 3.05) is 11.4 Å². The molecule has 4 heteroatoms. The fourth-order valence-electron chi connectivity index (χ4n) is 6.35. The van der Waals surface area contributed by atoms with Crippen LogP contribution in [0.2, 0.25) is 0 Å². The number of nitrogens with zero attached hydrogens (tertiary/aromatic N) is 3. The first kappa shape index (κ1) is 26.0. The van der Waals surface area contributed by atoms with Gasteiger partial charge in [-0.3, -0.25) is 9.89 Å². The summed E-state index contributed by atoms with van der Waals surface area (Å²) in [7, 11) is 0. The van der Waals surface area contributed by atoms with Gasteiger partial charge in [-0.25, -0.2) is 0 Å². The summed E-state index contributed by atoms with van der Waals surface area (Å²) >= 11 is 0. The van der Waals surface area contributed by atoms with Crippen molar-refractivity contribution in [2.24, 2.45) is 4.99 Å². The number of hydrogen-bond acceptors (Lipinski definition) is 4. The zero-order valence-electron chi connectivity index (χ0n) is 22.9. The van der Waals surface area contributed by atoms with Gasteiger partial charge in [-0.2, -0.15) is 0 Å². The number of allylic oxidation sites excluding steroid dienone is 6. The van der Waals surface area contributed by atoms with Crippen LogP contribution in [0.1, 0.15) is 50.7 Å². The number of piperidine rings is 1. The van der Waals surface area contributed by atoms with Gasteiger partial charge in [-0.1, -0.05) is 61.7 Å². The van der Waals surface area contributed by atoms with E-state index in [2.05, 4.69) is 83.4 Å². The van der Waals surface area contributed by atoms with E-state index < -0.39 is 0 Å². The first-order valence-electron chi connectivity index (χ1n) is 13.8. The van der Waals surface area contributed by atoms with E-state index in [1.807, 2.05) is 44.4 Å². The van der Waals surface area contributed by atoms with Crippen LogP contribution in [0.5, 0.6) is 11.5 Å². The lowest BCUT2D eigenvalue weighted by Crippen LogP contribution is -2.51. The number of ether oxygens (including phenoxy) is 1. The van der Waals surface area contributed by atoms with Crippen LogP contribution >= 0.6 is 0 Å². The molecule has 0 amide bonds. The van der Waals surface area contributed by atoms with Crippen LogP contribution < -0.4 is 9.64 Å². The maximum Gasteiger partial charge on any atom is 0.154 e. The van der Waals surface area contributed by atoms with Crippen molar-refractivity contribution in [3.05, 3.63) is 103 Å². The van der Waals surface area contributed by atoms with Crippen molar-refractivity contribution >= 4 is 22.7 Å². The molecule has 2 unspecified atom stereocenters. The second-order valence-corrected chi connectivity index (χ2v) is 10.4. The highest BCUT2D eigenvalue weighted by molar-refractivity contribution is 5.96. The molecule has 2 aromatic rings. The highest BCUT2D eigenvalue weighted by atomic mass is 16.5. The molecule has 0 N–H and O–H groups in total. The van der Waals surface area contributed by atoms with Gasteiger partial charge in [0.2, 0.25) is 0 Å². The third-order valence-electron chi connectivity index (χ3n) is 8.05. The highest BCUT2D eigenvalue weighted by Crippen LogP contribution is 2.52. The molecule has 0 radical (unpaired) electrons. The summed E-state index contributed by atoms with van der Waals surface area (Å²) in [5.41, 5.74) is 6.80. The minimum atomic E-state index is 0.413. The molecular formula is C34H39N3O. The quantitative estimate of drug-likeness (QED) is 0.266. The van der Waals surface area contributed by atoms with Gasteiger partial charge in [0.15, 0.2) is 11.5 Å². The molecule has 2 saturated heterocycles. The van der Waals surface area contributed by atoms with Crippen molar-refractivity contribution in [2.45, 2.75) is 64.6 Å². The van der Waals surface area contributed by atoms with Crippen LogP contribution in [0.15, 0.2) is 97.2 Å². The van der Waals surface area contributed by atoms with Crippen molar-refractivity contribution in [1.29, 1.82) is 0 Å². The number of hydrogen-bond donors (Lipinski definition) is 0. The fraction of sp³-hybridized carbons (Fsp3) is 0.324. The van der Waals surface area contributed by atoms with E-state index in [1.54, 1.807) is 0 Å². The summed E-state index contributed by atoms with van der Waals surface area (Å²) in [5, 5.41) is 0. The number of para-hydroxylation sites is 1. The molecule has 0 saturated carbocycles. The summed E-state index contributed by atoms with van der Waals surface area (Å²) in [6.07, 6.45) is 18.5. The van der Waals surface area contributed by atoms with E-state index in [1.165, 1.54) is 18.5 Å². The summed E-state index contributed by atoms with van der Waals surface area (Å²) < 4.78 is 6.61. The molecule has 196 valence electrons. The highest BCUT2D eigenvalue weighted by Gasteiger charge is 2.44. The molecule has 2 aromatic carbocycles. The van der Waals surface area contributed by atoms with Gasteiger partial charge in [0.25, 0.3) is 0 Å². The molecule has 3 heterocycles. The number of aliphatic imine (C=N–C) groups is 1. The molecular weight excluding hydrogens is 466 g/mol. The monoisotopic (exact) mass is 505 g/mol. The maximum absolute atomic E-state index is 6.61. The molecule has 0 spiro atoms. The van der Waals surface area contributed by atoms with Crippen molar-refractivity contribution in [1.82, 2.24) is 4.90 Å². The average molecular weight is 506 g/mol. The summed E-state index contributed by atoms with van der Waals surface area (Å²) in [6.45, 7) is 15.0. The Hall–Kier alpha value is -3.63. The van der Waals surface area contributed by atoms with Crippen molar-refractivity contribution < 1.29 is 4.74 Å². The first-order chi connectivity index (χ1) is 18.6. The zero-order chi connectivity index (χ0) is 26.6. The third-order valence-corrected chi connectivity index (χ3v) is 8.05. The Morgan fingerprint density at radius 1 is 1.03 bits per heavy atom. The average Bonchev–Trinajstić information content (AvgIpc) is 3.15. The van der Waals surface area contributed by atoms with E-state index in [0.717, 1.165) is 59.0 Å². The molecule has 3 aliphatic rings. The van der Waals surface area contributed by atoms with Crippen LogP contribution in [0.3, 0.4) is 0 Å². The van der Waals surface area contributed by atoms with E-state index in [4.69, 9.17) is 4.74 Å². The molecule has 0 aromatic heterocycles. The number of anilines is 2. The zero-order valence-corrected chi connectivity index (χ0v) is 22.9. The van der Waals surface area contributed by atoms with Gasteiger partial charge in [-0.15, -0.1) is 0 Å². The van der Waals surface area contributed by atoms with Crippen LogP contribution in [-0.2, 0) is 0 Å². The second kappa shape index (κ2) is 11.4. The van der Waals surface area contributed by atoms with Gasteiger partial charge < -0.3 is 9.64 Å². The van der Waals surface area contributed by atoms with E-state index in [0.29, 0.717) is 18.1 Å². The van der Waals surface area contributed by atoms with Gasteiger partial charge in [0.05, 0.1) is 17.1 Å². The maximum atomic E-state index is 6.61. The Morgan fingerprint density at radius 3 is 2.50 bits per heavy atom.